The Morgan fingerprint density at radius 2 is 0.562 bits per heavy atom. The van der Waals surface area contributed by atoms with Crippen LogP contribution in [-0.2, 0) is 25.7 Å². The molecule has 0 N–H and O–H groups in total. The maximum atomic E-state index is 5.14. The van der Waals surface area contributed by atoms with Crippen LogP contribution >= 0.6 is 0 Å². The zero-order valence-corrected chi connectivity index (χ0v) is 43.4. The van der Waals surface area contributed by atoms with Crippen molar-refractivity contribution >= 4 is 87.2 Å². The highest BCUT2D eigenvalue weighted by molar-refractivity contribution is 6.12. The van der Waals surface area contributed by atoms with Crippen molar-refractivity contribution in [3.63, 3.8) is 0 Å². The van der Waals surface area contributed by atoms with E-state index in [0.717, 1.165) is 125 Å². The van der Waals surface area contributed by atoms with E-state index in [2.05, 4.69) is 219 Å². The minimum absolute atomic E-state index is 0.900. The smallest absolute Gasteiger partial charge is 0.0724 e. The van der Waals surface area contributed by atoms with Crippen LogP contribution in [0.2, 0.25) is 0 Å². The van der Waals surface area contributed by atoms with Crippen LogP contribution in [0.1, 0.15) is 22.3 Å². The van der Waals surface area contributed by atoms with Gasteiger partial charge in [0, 0.05) is 140 Å². The second-order valence-corrected chi connectivity index (χ2v) is 20.8. The first-order valence-corrected chi connectivity index (χ1v) is 27.2. The molecule has 80 heavy (non-hydrogen) atoms. The van der Waals surface area contributed by atoms with Gasteiger partial charge in [-0.3, -0.25) is 29.9 Å². The van der Waals surface area contributed by atoms with Gasteiger partial charge in [-0.15, -0.1) is 0 Å². The van der Waals surface area contributed by atoms with Crippen molar-refractivity contribution in [2.45, 2.75) is 25.7 Å². The van der Waals surface area contributed by atoms with Gasteiger partial charge in [0.05, 0.1) is 49.8 Å². The number of hydrogen-bond donors (Lipinski definition) is 0. The molecule has 0 saturated heterocycles. The molecule has 10 aromatic heterocycles. The molecule has 0 aliphatic rings. The molecular weight excluding hydrogens is 981 g/mol. The number of fused-ring (bicyclic) bond motifs is 12. The van der Waals surface area contributed by atoms with Gasteiger partial charge >= 0.3 is 0 Å². The summed E-state index contributed by atoms with van der Waals surface area (Å²) < 4.78 is 9.35. The van der Waals surface area contributed by atoms with Crippen LogP contribution in [0.5, 0.6) is 0 Å². The van der Waals surface area contributed by atoms with Crippen molar-refractivity contribution in [3.05, 3.63) is 266 Å². The molecule has 0 fully saturated rings. The number of aryl methyl sites for hydroxylation is 4. The SMILES string of the molecule is c1ccc2c(c1)c1cnccc1n2-c1ccc(CCc2ccc(-n3c4ccncc4c4ccc(-c5cc6c(cn5)c5cnccc5n6-c5ccc(CCc6ccc(-n7c8ccncc8c8cnccc87)cc6)cc5)cc43)cc2)cc1. The second kappa shape index (κ2) is 18.6. The number of hydrogen-bond acceptors (Lipinski definition) is 6. The third-order valence-corrected chi connectivity index (χ3v) is 16.3. The van der Waals surface area contributed by atoms with Crippen LogP contribution in [0.4, 0.5) is 0 Å². The van der Waals surface area contributed by atoms with Gasteiger partial charge in [-0.25, -0.2) is 0 Å². The minimum Gasteiger partial charge on any atom is -0.309 e. The Bertz CT molecular complexity index is 4620. The molecule has 6 aromatic carbocycles. The largest absolute Gasteiger partial charge is 0.309 e. The lowest BCUT2D eigenvalue weighted by Gasteiger charge is -2.12. The molecule has 10 heterocycles. The maximum absolute atomic E-state index is 5.14. The molecule has 0 amide bonds. The van der Waals surface area contributed by atoms with Gasteiger partial charge in [-0.2, -0.15) is 0 Å². The molecule has 16 rings (SSSR count). The van der Waals surface area contributed by atoms with Crippen molar-refractivity contribution in [1.82, 2.24) is 48.2 Å². The van der Waals surface area contributed by atoms with Gasteiger partial charge in [0.2, 0.25) is 0 Å². The predicted octanol–water partition coefficient (Wildman–Crippen LogP) is 15.7. The molecule has 0 saturated carbocycles. The average molecular weight is 1030 g/mol. The summed E-state index contributed by atoms with van der Waals surface area (Å²) in [5, 5.41) is 8.99. The first-order valence-electron chi connectivity index (χ1n) is 27.2. The lowest BCUT2D eigenvalue weighted by Crippen LogP contribution is -1.98. The van der Waals surface area contributed by atoms with Crippen molar-refractivity contribution in [3.8, 4) is 34.0 Å². The van der Waals surface area contributed by atoms with E-state index in [9.17, 15) is 0 Å². The Morgan fingerprint density at radius 3 is 0.963 bits per heavy atom. The molecule has 10 nitrogen and oxygen atoms in total. The molecule has 0 unspecified atom stereocenters. The van der Waals surface area contributed by atoms with E-state index in [1.54, 1.807) is 0 Å². The van der Waals surface area contributed by atoms with Crippen molar-refractivity contribution in [2.75, 3.05) is 0 Å². The number of aromatic nitrogens is 10. The standard InChI is InChI=1S/C70H48N10/c1-2-4-63-54(3-1)56-39-71-32-27-64(56)77(63)50-18-9-45(10-19-50)5-7-47-13-22-52(23-14-47)79-65-28-33-72-40-57(65)55-26-17-49(37-69(55)79)62-38-70-61(44-76-62)60-43-75-36-31-68(60)80(70)53-24-15-48(16-25-53)8-6-46-11-20-51(21-12-46)78-66-29-34-73-41-58(66)59-42-74-35-30-67(59)78/h1-4,9-44H,5-8H2. The Hall–Kier alpha value is -10.6. The third-order valence-electron chi connectivity index (χ3n) is 16.3. The number of benzene rings is 6. The third kappa shape index (κ3) is 7.48. The Kier molecular flexibility index (Phi) is 10.6. The summed E-state index contributed by atoms with van der Waals surface area (Å²) in [5.74, 6) is 0. The zero-order valence-electron chi connectivity index (χ0n) is 43.4. The van der Waals surface area contributed by atoms with Crippen molar-refractivity contribution < 1.29 is 0 Å². The van der Waals surface area contributed by atoms with Gasteiger partial charge in [0.1, 0.15) is 0 Å². The number of pyridine rings is 6. The summed E-state index contributed by atoms with van der Waals surface area (Å²) in [4.78, 5) is 27.5. The van der Waals surface area contributed by atoms with Crippen molar-refractivity contribution in [2.24, 2.45) is 0 Å². The van der Waals surface area contributed by atoms with Crippen molar-refractivity contribution in [1.29, 1.82) is 0 Å². The van der Waals surface area contributed by atoms with E-state index in [0.29, 0.717) is 0 Å². The molecular formula is C70H48N10. The molecule has 10 heteroatoms. The fourth-order valence-corrected chi connectivity index (χ4v) is 12.4. The summed E-state index contributed by atoms with van der Waals surface area (Å²) in [6.07, 6.45) is 24.9. The molecule has 0 aliphatic heterocycles. The fourth-order valence-electron chi connectivity index (χ4n) is 12.4. The molecule has 0 bridgehead atoms. The van der Waals surface area contributed by atoms with Gasteiger partial charge in [0.15, 0.2) is 0 Å². The summed E-state index contributed by atoms with van der Waals surface area (Å²) in [6, 6.07) is 64.1. The Morgan fingerprint density at radius 1 is 0.250 bits per heavy atom. The van der Waals surface area contributed by atoms with Gasteiger partial charge in [0.25, 0.3) is 0 Å². The van der Waals surface area contributed by atoms with E-state index < -0.39 is 0 Å². The van der Waals surface area contributed by atoms with E-state index in [4.69, 9.17) is 4.98 Å². The zero-order chi connectivity index (χ0) is 52.7. The van der Waals surface area contributed by atoms with E-state index >= 15 is 0 Å². The highest BCUT2D eigenvalue weighted by Gasteiger charge is 2.19. The topological polar surface area (TPSA) is 97.1 Å². The lowest BCUT2D eigenvalue weighted by molar-refractivity contribution is 0.957. The first kappa shape index (κ1) is 45.6. The summed E-state index contributed by atoms with van der Waals surface area (Å²) in [5.41, 5.74) is 20.6. The van der Waals surface area contributed by atoms with Crippen LogP contribution in [0.25, 0.3) is 121 Å². The van der Waals surface area contributed by atoms with Gasteiger partial charge < -0.3 is 18.3 Å². The van der Waals surface area contributed by atoms with Crippen LogP contribution in [0, 0.1) is 0 Å². The highest BCUT2D eigenvalue weighted by atomic mass is 15.0. The molecule has 16 aromatic rings. The summed E-state index contributed by atoms with van der Waals surface area (Å²) in [7, 11) is 0. The predicted molar refractivity (Wildman–Crippen MR) is 324 cm³/mol. The summed E-state index contributed by atoms with van der Waals surface area (Å²) in [6.45, 7) is 0. The minimum atomic E-state index is 0.900. The Labute approximate surface area is 459 Å². The highest BCUT2D eigenvalue weighted by Crippen LogP contribution is 2.38. The maximum Gasteiger partial charge on any atom is 0.0724 e. The number of para-hydroxylation sites is 1. The molecule has 378 valence electrons. The van der Waals surface area contributed by atoms with Gasteiger partial charge in [-0.1, -0.05) is 78.9 Å². The molecule has 0 spiro atoms. The van der Waals surface area contributed by atoms with Crippen LogP contribution < -0.4 is 0 Å². The average Bonchev–Trinajstić information content (AvgIpc) is 4.26. The van der Waals surface area contributed by atoms with E-state index in [1.165, 1.54) is 44.1 Å². The summed E-state index contributed by atoms with van der Waals surface area (Å²) >= 11 is 0. The lowest BCUT2D eigenvalue weighted by atomic mass is 10.0. The van der Waals surface area contributed by atoms with Crippen LogP contribution in [-0.4, -0.2) is 48.2 Å². The Balaban J connectivity index is 0.664. The monoisotopic (exact) mass is 1030 g/mol. The quantitative estimate of drug-likeness (QED) is 0.128. The molecule has 0 radical (unpaired) electrons. The second-order valence-electron chi connectivity index (χ2n) is 20.8. The number of rotatable bonds is 11. The number of nitrogens with zero attached hydrogens (tertiary/aromatic N) is 10. The van der Waals surface area contributed by atoms with E-state index in [-0.39, 0.29) is 0 Å². The fraction of sp³-hybridized carbons (Fsp3) is 0.0571. The molecule has 0 atom stereocenters. The van der Waals surface area contributed by atoms with Crippen LogP contribution in [0.15, 0.2) is 244 Å². The normalized spacial score (nSPS) is 11.9. The van der Waals surface area contributed by atoms with E-state index in [1.807, 2.05) is 68.2 Å². The molecule has 0 aliphatic carbocycles. The van der Waals surface area contributed by atoms with Crippen LogP contribution in [0.3, 0.4) is 0 Å². The van der Waals surface area contributed by atoms with Gasteiger partial charge in [-0.05, 0) is 145 Å². The first-order chi connectivity index (χ1) is 39.7.